The van der Waals surface area contributed by atoms with Crippen LogP contribution in [0.15, 0.2) is 12.1 Å². The van der Waals surface area contributed by atoms with Crippen LogP contribution in [0.25, 0.3) is 0 Å². The van der Waals surface area contributed by atoms with Crippen LogP contribution >= 0.6 is 35.0 Å². The summed E-state index contributed by atoms with van der Waals surface area (Å²) >= 11 is 13.5. The predicted molar refractivity (Wildman–Crippen MR) is 106 cm³/mol. The zero-order chi connectivity index (χ0) is 19.6. The number of hydrogen-bond acceptors (Lipinski definition) is 5. The van der Waals surface area contributed by atoms with Crippen LogP contribution in [-0.2, 0) is 9.53 Å². The predicted octanol–water partition coefficient (Wildman–Crippen LogP) is 3.01. The zero-order valence-corrected chi connectivity index (χ0v) is 17.1. The summed E-state index contributed by atoms with van der Waals surface area (Å²) in [5, 5.41) is 3.22. The van der Waals surface area contributed by atoms with Gasteiger partial charge >= 0.3 is 0 Å². The van der Waals surface area contributed by atoms with Crippen LogP contribution in [0.1, 0.15) is 40.0 Å². The maximum Gasteiger partial charge on any atom is 0.262 e. The van der Waals surface area contributed by atoms with Crippen LogP contribution < -0.4 is 5.32 Å². The first-order chi connectivity index (χ1) is 12.9. The molecular formula is C18H20Cl2N2O4S. The van der Waals surface area contributed by atoms with Gasteiger partial charge in [-0.2, -0.15) is 11.8 Å². The minimum atomic E-state index is -0.885. The van der Waals surface area contributed by atoms with Gasteiger partial charge in [0.05, 0.1) is 27.3 Å². The fraction of sp³-hybridized carbons (Fsp3) is 0.500. The molecule has 9 heteroatoms. The smallest absolute Gasteiger partial charge is 0.262 e. The van der Waals surface area contributed by atoms with E-state index in [4.69, 9.17) is 27.9 Å². The third-order valence-corrected chi connectivity index (χ3v) is 6.06. The van der Waals surface area contributed by atoms with Gasteiger partial charge in [-0.25, -0.2) is 0 Å². The minimum absolute atomic E-state index is 0.0186. The van der Waals surface area contributed by atoms with Crippen molar-refractivity contribution in [1.82, 2.24) is 10.2 Å². The molecule has 0 radical (unpaired) electrons. The Bertz CT molecular complexity index is 727. The van der Waals surface area contributed by atoms with Crippen LogP contribution in [0.2, 0.25) is 10.0 Å². The second-order valence-corrected chi connectivity index (χ2v) is 8.27. The first-order valence-electron chi connectivity index (χ1n) is 8.69. The molecule has 0 saturated carbocycles. The normalized spacial score (nSPS) is 20.1. The van der Waals surface area contributed by atoms with Crippen LogP contribution in [-0.4, -0.2) is 59.9 Å². The van der Waals surface area contributed by atoms with Crippen LogP contribution in [0.4, 0.5) is 0 Å². The van der Waals surface area contributed by atoms with E-state index in [0.29, 0.717) is 25.3 Å². The van der Waals surface area contributed by atoms with Crippen LogP contribution in [0, 0.1) is 0 Å². The molecule has 0 aliphatic carbocycles. The van der Waals surface area contributed by atoms with E-state index in [1.54, 1.807) is 11.8 Å². The average molecular weight is 431 g/mol. The van der Waals surface area contributed by atoms with Gasteiger partial charge in [0.25, 0.3) is 11.8 Å². The summed E-state index contributed by atoms with van der Waals surface area (Å²) in [6, 6.07) is 1.88. The second-order valence-electron chi connectivity index (χ2n) is 6.47. The van der Waals surface area contributed by atoms with E-state index < -0.39 is 17.9 Å². The van der Waals surface area contributed by atoms with E-state index in [-0.39, 0.29) is 33.2 Å². The number of nitrogens with one attached hydrogen (secondary N) is 1. The number of benzene rings is 1. The molecule has 27 heavy (non-hydrogen) atoms. The van der Waals surface area contributed by atoms with Gasteiger partial charge in [-0.15, -0.1) is 0 Å². The number of imide groups is 1. The van der Waals surface area contributed by atoms with Crippen molar-refractivity contribution in [2.75, 3.05) is 25.2 Å². The number of hydrogen-bond donors (Lipinski definition) is 1. The van der Waals surface area contributed by atoms with Crippen molar-refractivity contribution >= 4 is 52.7 Å². The highest BCUT2D eigenvalue weighted by atomic mass is 35.5. The van der Waals surface area contributed by atoms with Gasteiger partial charge in [0.1, 0.15) is 6.04 Å². The fourth-order valence-electron chi connectivity index (χ4n) is 3.28. The van der Waals surface area contributed by atoms with E-state index in [9.17, 15) is 14.4 Å². The Morgan fingerprint density at radius 2 is 1.93 bits per heavy atom. The summed E-state index contributed by atoms with van der Waals surface area (Å²) in [5.41, 5.74) is 0.353. The maximum atomic E-state index is 12.8. The number of fused-ring (bicyclic) bond motifs is 1. The Labute approximate surface area is 171 Å². The quantitative estimate of drug-likeness (QED) is 0.672. The number of rotatable bonds is 7. The zero-order valence-electron chi connectivity index (χ0n) is 14.8. The molecule has 2 aliphatic heterocycles. The molecule has 1 N–H and O–H groups in total. The fourth-order valence-corrected chi connectivity index (χ4v) is 4.07. The van der Waals surface area contributed by atoms with E-state index >= 15 is 0 Å². The molecule has 3 rings (SSSR count). The topological polar surface area (TPSA) is 75.7 Å². The Hall–Kier alpha value is -1.28. The molecule has 6 nitrogen and oxygen atoms in total. The first-order valence-corrected chi connectivity index (χ1v) is 10.8. The van der Waals surface area contributed by atoms with Gasteiger partial charge in [-0.05, 0) is 43.4 Å². The summed E-state index contributed by atoms with van der Waals surface area (Å²) in [4.78, 5) is 39.5. The van der Waals surface area contributed by atoms with E-state index in [0.717, 1.165) is 17.7 Å². The number of carbonyl (C=O) groups excluding carboxylic acids is 3. The summed E-state index contributed by atoms with van der Waals surface area (Å²) in [6.07, 6.45) is 4.11. The molecule has 0 spiro atoms. The molecule has 146 valence electrons. The van der Waals surface area contributed by atoms with Crippen molar-refractivity contribution in [2.24, 2.45) is 0 Å². The lowest BCUT2D eigenvalue weighted by molar-refractivity contribution is -0.125. The minimum Gasteiger partial charge on any atom is -0.376 e. The molecule has 3 amide bonds. The van der Waals surface area contributed by atoms with Gasteiger partial charge in [0.15, 0.2) is 0 Å². The molecule has 0 aromatic heterocycles. The Kier molecular flexibility index (Phi) is 6.68. The summed E-state index contributed by atoms with van der Waals surface area (Å²) < 4.78 is 5.51. The number of halogens is 2. The average Bonchev–Trinajstić information content (AvgIpc) is 3.24. The molecule has 2 atom stereocenters. The highest BCUT2D eigenvalue weighted by Gasteiger charge is 2.43. The third-order valence-electron chi connectivity index (χ3n) is 4.70. The van der Waals surface area contributed by atoms with E-state index in [1.165, 1.54) is 12.1 Å². The SMILES string of the molecule is CSCC[C@@H](C(=O)NC[C@H]1CCCO1)N1C(=O)c2cc(Cl)c(Cl)cc2C1=O. The highest BCUT2D eigenvalue weighted by Crippen LogP contribution is 2.33. The number of nitrogens with zero attached hydrogens (tertiary/aromatic N) is 1. The van der Waals surface area contributed by atoms with Crippen LogP contribution in [0.3, 0.4) is 0 Å². The molecule has 2 aliphatic rings. The van der Waals surface area contributed by atoms with Crippen molar-refractivity contribution in [1.29, 1.82) is 0 Å². The largest absolute Gasteiger partial charge is 0.376 e. The maximum absolute atomic E-state index is 12.8. The van der Waals surface area contributed by atoms with Crippen molar-refractivity contribution in [3.8, 4) is 0 Å². The number of ether oxygens (including phenoxy) is 1. The highest BCUT2D eigenvalue weighted by molar-refractivity contribution is 7.98. The van der Waals surface area contributed by atoms with Gasteiger partial charge in [-0.1, -0.05) is 23.2 Å². The lowest BCUT2D eigenvalue weighted by Gasteiger charge is -2.25. The molecule has 1 saturated heterocycles. The van der Waals surface area contributed by atoms with Crippen molar-refractivity contribution in [3.63, 3.8) is 0 Å². The monoisotopic (exact) mass is 430 g/mol. The Morgan fingerprint density at radius 1 is 1.30 bits per heavy atom. The van der Waals surface area contributed by atoms with Crippen LogP contribution in [0.5, 0.6) is 0 Å². The van der Waals surface area contributed by atoms with E-state index in [1.807, 2.05) is 6.26 Å². The lowest BCUT2D eigenvalue weighted by Crippen LogP contribution is -2.51. The molecule has 1 aromatic rings. The summed E-state index contributed by atoms with van der Waals surface area (Å²) in [7, 11) is 0. The van der Waals surface area contributed by atoms with E-state index in [2.05, 4.69) is 5.32 Å². The molecule has 0 unspecified atom stereocenters. The summed E-state index contributed by atoms with van der Waals surface area (Å²) in [5.74, 6) is -0.766. The number of amides is 3. The van der Waals surface area contributed by atoms with Gasteiger partial charge in [0, 0.05) is 13.2 Å². The van der Waals surface area contributed by atoms with Gasteiger partial charge < -0.3 is 10.1 Å². The Balaban J connectivity index is 1.80. The Morgan fingerprint density at radius 3 is 2.44 bits per heavy atom. The number of carbonyl (C=O) groups is 3. The van der Waals surface area contributed by atoms with Crippen molar-refractivity contribution in [3.05, 3.63) is 33.3 Å². The second kappa shape index (κ2) is 8.82. The number of thioether (sulfide) groups is 1. The third kappa shape index (κ3) is 4.26. The summed E-state index contributed by atoms with van der Waals surface area (Å²) in [6.45, 7) is 1.06. The van der Waals surface area contributed by atoms with Gasteiger partial charge in [-0.3, -0.25) is 19.3 Å². The molecule has 0 bridgehead atoms. The lowest BCUT2D eigenvalue weighted by atomic mass is 10.1. The van der Waals surface area contributed by atoms with Crippen molar-refractivity contribution < 1.29 is 19.1 Å². The molecular weight excluding hydrogens is 411 g/mol. The molecule has 2 heterocycles. The van der Waals surface area contributed by atoms with Gasteiger partial charge in [0.2, 0.25) is 5.91 Å². The molecule has 1 fully saturated rings. The first kappa shape index (κ1) is 20.5. The molecule has 1 aromatic carbocycles. The standard InChI is InChI=1S/C18H20Cl2N2O4S/c1-27-6-4-15(16(23)21-9-10-3-2-5-26-10)22-17(24)11-7-13(19)14(20)8-12(11)18(22)25/h7-8,10,15H,2-6,9H2,1H3,(H,21,23)/t10-,15+/m1/s1. The van der Waals surface area contributed by atoms with Crippen molar-refractivity contribution in [2.45, 2.75) is 31.4 Å².